The van der Waals surface area contributed by atoms with E-state index in [0.29, 0.717) is 59.1 Å². The number of benzene rings is 1. The Bertz CT molecular complexity index is 1260. The Hall–Kier alpha value is -3.47. The molecule has 1 N–H and O–H groups in total. The average molecular weight is 544 g/mol. The predicted molar refractivity (Wildman–Crippen MR) is 134 cm³/mol. The van der Waals surface area contributed by atoms with E-state index in [-0.39, 0.29) is 10.6 Å². The van der Waals surface area contributed by atoms with Crippen LogP contribution in [-0.4, -0.2) is 45.9 Å². The minimum absolute atomic E-state index is 0.0672. The molecule has 3 aromatic rings. The molecular formula is C24H26BrN5O5. The fourth-order valence-electron chi connectivity index (χ4n) is 4.09. The maximum absolute atomic E-state index is 12.0. The molecule has 1 saturated carbocycles. The lowest BCUT2D eigenvalue weighted by molar-refractivity contribution is -0.384. The van der Waals surface area contributed by atoms with Crippen LogP contribution < -0.4 is 10.1 Å². The van der Waals surface area contributed by atoms with Gasteiger partial charge < -0.3 is 14.8 Å². The zero-order chi connectivity index (χ0) is 25.1. The minimum Gasteiger partial charge on any atom is -0.477 e. The number of carbonyl (C=O) groups is 1. The number of hydrogen-bond donors (Lipinski definition) is 1. The van der Waals surface area contributed by atoms with Crippen LogP contribution in [0.25, 0.3) is 11.3 Å². The van der Waals surface area contributed by atoms with Gasteiger partial charge in [-0.2, -0.15) is 5.10 Å². The molecule has 1 aromatic carbocycles. The second-order valence-electron chi connectivity index (χ2n) is 8.55. The van der Waals surface area contributed by atoms with Gasteiger partial charge in [-0.05, 0) is 55.9 Å². The van der Waals surface area contributed by atoms with E-state index in [1.807, 2.05) is 6.92 Å². The number of hydrogen-bond acceptors (Lipinski definition) is 8. The Labute approximate surface area is 210 Å². The molecule has 2 aromatic heterocycles. The van der Waals surface area contributed by atoms with Crippen molar-refractivity contribution in [1.82, 2.24) is 14.8 Å². The second-order valence-corrected chi connectivity index (χ2v) is 9.47. The number of pyridine rings is 1. The van der Waals surface area contributed by atoms with E-state index in [9.17, 15) is 14.9 Å². The highest BCUT2D eigenvalue weighted by atomic mass is 79.9. The Morgan fingerprint density at radius 3 is 2.86 bits per heavy atom. The number of ether oxygens (including phenoxy) is 2. The van der Waals surface area contributed by atoms with E-state index < -0.39 is 5.97 Å². The highest BCUT2D eigenvalue weighted by Crippen LogP contribution is 2.42. The quantitative estimate of drug-likeness (QED) is 0.220. The van der Waals surface area contributed by atoms with Gasteiger partial charge in [-0.25, -0.2) is 9.48 Å². The first-order valence-corrected chi connectivity index (χ1v) is 12.0. The van der Waals surface area contributed by atoms with Crippen molar-refractivity contribution in [3.63, 3.8) is 0 Å². The van der Waals surface area contributed by atoms with Gasteiger partial charge in [-0.15, -0.1) is 0 Å². The number of nitro benzene ring substituents is 1. The molecule has 0 radical (unpaired) electrons. The molecule has 0 bridgehead atoms. The molecule has 0 amide bonds. The Kier molecular flexibility index (Phi) is 7.34. The predicted octanol–water partition coefficient (Wildman–Crippen LogP) is 4.76. The maximum Gasteiger partial charge on any atom is 0.337 e. The van der Waals surface area contributed by atoms with E-state index in [1.54, 1.807) is 42.2 Å². The van der Waals surface area contributed by atoms with Crippen molar-refractivity contribution in [2.75, 3.05) is 25.6 Å². The van der Waals surface area contributed by atoms with Gasteiger partial charge in [0, 0.05) is 29.8 Å². The standard InChI is InChI=1S/C24H26BrN5O5/c1-14-8-16(24(31)34-3)10-20(28-14)19-13-27-29(2)23(19)35-7-6-15-9-17(15)12-26-21-11-18(25)4-5-22(21)30(32)33/h4-5,8,10-11,13,15,17,26H,6-7,9,12H2,1-3H3/t15-,17+/m0/s1. The third-order valence-electron chi connectivity index (χ3n) is 6.04. The normalized spacial score (nSPS) is 16.6. The number of nitro groups is 1. The molecule has 4 rings (SSSR count). The molecule has 2 heterocycles. The van der Waals surface area contributed by atoms with Gasteiger partial charge in [-0.1, -0.05) is 15.9 Å². The van der Waals surface area contributed by atoms with Gasteiger partial charge in [0.2, 0.25) is 5.88 Å². The minimum atomic E-state index is -0.426. The van der Waals surface area contributed by atoms with Crippen molar-refractivity contribution in [3.8, 4) is 17.1 Å². The van der Waals surface area contributed by atoms with Gasteiger partial charge in [0.05, 0.1) is 41.7 Å². The van der Waals surface area contributed by atoms with Crippen molar-refractivity contribution < 1.29 is 19.2 Å². The average Bonchev–Trinajstić information content (AvgIpc) is 3.48. The number of aromatic nitrogens is 3. The third kappa shape index (κ3) is 5.79. The van der Waals surface area contributed by atoms with Gasteiger partial charge in [0.15, 0.2) is 0 Å². The summed E-state index contributed by atoms with van der Waals surface area (Å²) in [5.74, 6) is 1.07. The molecule has 184 valence electrons. The molecule has 0 spiro atoms. The van der Waals surface area contributed by atoms with Crippen LogP contribution in [0.15, 0.2) is 41.0 Å². The first-order valence-electron chi connectivity index (χ1n) is 11.2. The fraction of sp³-hybridized carbons (Fsp3) is 0.375. The maximum atomic E-state index is 12.0. The topological polar surface area (TPSA) is 121 Å². The van der Waals surface area contributed by atoms with Crippen molar-refractivity contribution in [2.45, 2.75) is 19.8 Å². The highest BCUT2D eigenvalue weighted by molar-refractivity contribution is 9.10. The van der Waals surface area contributed by atoms with Crippen molar-refractivity contribution in [1.29, 1.82) is 0 Å². The number of rotatable bonds is 10. The highest BCUT2D eigenvalue weighted by Gasteiger charge is 2.36. The zero-order valence-corrected chi connectivity index (χ0v) is 21.2. The van der Waals surface area contributed by atoms with Crippen molar-refractivity contribution in [2.24, 2.45) is 18.9 Å². The monoisotopic (exact) mass is 543 g/mol. The summed E-state index contributed by atoms with van der Waals surface area (Å²) in [4.78, 5) is 27.4. The number of esters is 1. The lowest BCUT2D eigenvalue weighted by atomic mass is 10.1. The molecule has 2 atom stereocenters. The summed E-state index contributed by atoms with van der Waals surface area (Å²) in [5.41, 5.74) is 3.00. The molecule has 1 aliphatic rings. The lowest BCUT2D eigenvalue weighted by Gasteiger charge is -2.10. The second kappa shape index (κ2) is 10.4. The largest absolute Gasteiger partial charge is 0.477 e. The van der Waals surface area contributed by atoms with E-state index in [1.165, 1.54) is 13.2 Å². The summed E-state index contributed by atoms with van der Waals surface area (Å²) < 4.78 is 13.4. The zero-order valence-electron chi connectivity index (χ0n) is 19.7. The fourth-order valence-corrected chi connectivity index (χ4v) is 4.45. The summed E-state index contributed by atoms with van der Waals surface area (Å²) in [7, 11) is 3.14. The van der Waals surface area contributed by atoms with Crippen LogP contribution in [0.3, 0.4) is 0 Å². The molecule has 1 fully saturated rings. The van der Waals surface area contributed by atoms with Crippen LogP contribution in [0.4, 0.5) is 11.4 Å². The van der Waals surface area contributed by atoms with E-state index in [2.05, 4.69) is 31.3 Å². The van der Waals surface area contributed by atoms with Crippen molar-refractivity contribution >= 4 is 33.3 Å². The SMILES string of the molecule is COC(=O)c1cc(C)nc(-c2cnn(C)c2OCC[C@H]2C[C@@H]2CNc2cc(Br)ccc2[N+](=O)[O-])c1. The number of methoxy groups -OCH3 is 1. The number of aryl methyl sites for hydroxylation is 2. The number of nitrogens with zero attached hydrogens (tertiary/aromatic N) is 4. The third-order valence-corrected chi connectivity index (χ3v) is 6.53. The molecule has 0 aliphatic heterocycles. The summed E-state index contributed by atoms with van der Waals surface area (Å²) >= 11 is 3.37. The Balaban J connectivity index is 1.34. The number of halogens is 1. The van der Waals surface area contributed by atoms with Gasteiger partial charge >= 0.3 is 5.97 Å². The molecule has 35 heavy (non-hydrogen) atoms. The van der Waals surface area contributed by atoms with E-state index >= 15 is 0 Å². The van der Waals surface area contributed by atoms with Crippen LogP contribution in [-0.2, 0) is 11.8 Å². The van der Waals surface area contributed by atoms with Gasteiger partial charge in [0.25, 0.3) is 5.69 Å². The Morgan fingerprint density at radius 1 is 1.31 bits per heavy atom. The van der Waals surface area contributed by atoms with Gasteiger partial charge in [-0.3, -0.25) is 15.1 Å². The van der Waals surface area contributed by atoms with Crippen LogP contribution in [0, 0.1) is 28.9 Å². The summed E-state index contributed by atoms with van der Waals surface area (Å²) in [5, 5.41) is 18.8. The summed E-state index contributed by atoms with van der Waals surface area (Å²) in [6.07, 6.45) is 3.57. The molecule has 0 unspecified atom stereocenters. The van der Waals surface area contributed by atoms with Crippen LogP contribution >= 0.6 is 15.9 Å². The molecule has 11 heteroatoms. The first-order chi connectivity index (χ1) is 16.8. The van der Waals surface area contributed by atoms with Crippen LogP contribution in [0.5, 0.6) is 5.88 Å². The first kappa shape index (κ1) is 24.6. The smallest absolute Gasteiger partial charge is 0.337 e. The molecule has 10 nitrogen and oxygen atoms in total. The van der Waals surface area contributed by atoms with Crippen molar-refractivity contribution in [3.05, 3.63) is 62.4 Å². The molecule has 0 saturated heterocycles. The molecular weight excluding hydrogens is 518 g/mol. The summed E-state index contributed by atoms with van der Waals surface area (Å²) in [6, 6.07) is 8.24. The van der Waals surface area contributed by atoms with Crippen LogP contribution in [0.1, 0.15) is 28.9 Å². The van der Waals surface area contributed by atoms with E-state index in [4.69, 9.17) is 9.47 Å². The van der Waals surface area contributed by atoms with Gasteiger partial charge in [0.1, 0.15) is 5.69 Å². The number of anilines is 1. The summed E-state index contributed by atoms with van der Waals surface area (Å²) in [6.45, 7) is 2.99. The lowest BCUT2D eigenvalue weighted by Crippen LogP contribution is -2.09. The van der Waals surface area contributed by atoms with E-state index in [0.717, 1.165) is 17.3 Å². The Morgan fingerprint density at radius 2 is 2.11 bits per heavy atom. The van der Waals surface area contributed by atoms with Crippen LogP contribution in [0.2, 0.25) is 0 Å². The number of nitrogens with one attached hydrogen (secondary N) is 1. The molecule has 1 aliphatic carbocycles. The number of carbonyl (C=O) groups excluding carboxylic acids is 1.